The summed E-state index contributed by atoms with van der Waals surface area (Å²) in [4.78, 5) is 0. The van der Waals surface area contributed by atoms with Crippen LogP contribution in [0.25, 0.3) is 0 Å². The molecule has 1 rings (SSSR count). The summed E-state index contributed by atoms with van der Waals surface area (Å²) in [5.74, 6) is -1.52. The molecule has 4 heteroatoms. The second kappa shape index (κ2) is 7.31. The van der Waals surface area contributed by atoms with E-state index in [1.807, 2.05) is 20.8 Å². The van der Waals surface area contributed by atoms with Gasteiger partial charge in [0.15, 0.2) is 17.4 Å². The summed E-state index contributed by atoms with van der Waals surface area (Å²) in [5, 5.41) is 3.03. The quantitative estimate of drug-likeness (QED) is 0.805. The van der Waals surface area contributed by atoms with E-state index in [9.17, 15) is 8.78 Å². The average Bonchev–Trinajstić information content (AvgIpc) is 2.36. The lowest BCUT2D eigenvalue weighted by Gasteiger charge is -2.17. The van der Waals surface area contributed by atoms with E-state index in [0.29, 0.717) is 12.1 Å². The minimum absolute atomic E-state index is 0.145. The first kappa shape index (κ1) is 14.9. The SMILES string of the molecule is CCNCc1cc(F)c(OC(CC)CC)c(F)c1. The Morgan fingerprint density at radius 2 is 1.67 bits per heavy atom. The zero-order valence-electron chi connectivity index (χ0n) is 11.2. The highest BCUT2D eigenvalue weighted by atomic mass is 19.1. The summed E-state index contributed by atoms with van der Waals surface area (Å²) in [7, 11) is 0. The highest BCUT2D eigenvalue weighted by molar-refractivity contribution is 5.31. The second-order valence-corrected chi connectivity index (χ2v) is 4.23. The van der Waals surface area contributed by atoms with Gasteiger partial charge in [-0.05, 0) is 37.1 Å². The van der Waals surface area contributed by atoms with Crippen molar-refractivity contribution in [3.8, 4) is 5.75 Å². The molecule has 0 saturated carbocycles. The Morgan fingerprint density at radius 3 is 2.11 bits per heavy atom. The van der Waals surface area contributed by atoms with E-state index in [2.05, 4.69) is 5.32 Å². The summed E-state index contributed by atoms with van der Waals surface area (Å²) < 4.78 is 32.9. The first-order valence-corrected chi connectivity index (χ1v) is 6.47. The van der Waals surface area contributed by atoms with Crippen molar-refractivity contribution >= 4 is 0 Å². The Kier molecular flexibility index (Phi) is 6.05. The zero-order valence-corrected chi connectivity index (χ0v) is 11.2. The van der Waals surface area contributed by atoms with Gasteiger partial charge in [0.05, 0.1) is 6.10 Å². The molecule has 1 aromatic carbocycles. The van der Waals surface area contributed by atoms with Gasteiger partial charge in [0.1, 0.15) is 0 Å². The Labute approximate surface area is 107 Å². The molecule has 0 heterocycles. The first-order valence-electron chi connectivity index (χ1n) is 6.47. The standard InChI is InChI=1S/C14H21F2NO/c1-4-11(5-2)18-14-12(15)7-10(8-13(14)16)9-17-6-3/h7-8,11,17H,4-6,9H2,1-3H3. The number of hydrogen-bond acceptors (Lipinski definition) is 2. The van der Waals surface area contributed by atoms with Crippen molar-refractivity contribution in [1.29, 1.82) is 0 Å². The van der Waals surface area contributed by atoms with E-state index in [1.165, 1.54) is 12.1 Å². The molecule has 2 nitrogen and oxygen atoms in total. The summed E-state index contributed by atoms with van der Waals surface area (Å²) >= 11 is 0. The third-order valence-electron chi connectivity index (χ3n) is 2.83. The van der Waals surface area contributed by atoms with E-state index >= 15 is 0 Å². The minimum atomic E-state index is -0.630. The van der Waals surface area contributed by atoms with E-state index in [4.69, 9.17) is 4.74 Å². The van der Waals surface area contributed by atoms with Crippen LogP contribution in [-0.4, -0.2) is 12.6 Å². The zero-order chi connectivity index (χ0) is 13.5. The maximum Gasteiger partial charge on any atom is 0.191 e. The molecule has 18 heavy (non-hydrogen) atoms. The fourth-order valence-corrected chi connectivity index (χ4v) is 1.72. The fraction of sp³-hybridized carbons (Fsp3) is 0.571. The van der Waals surface area contributed by atoms with Gasteiger partial charge in [0.25, 0.3) is 0 Å². The van der Waals surface area contributed by atoms with E-state index in [0.717, 1.165) is 19.4 Å². The van der Waals surface area contributed by atoms with Crippen molar-refractivity contribution < 1.29 is 13.5 Å². The number of halogens is 2. The van der Waals surface area contributed by atoms with Crippen LogP contribution < -0.4 is 10.1 Å². The predicted molar refractivity (Wildman–Crippen MR) is 68.7 cm³/mol. The summed E-state index contributed by atoms with van der Waals surface area (Å²) in [6.45, 7) is 7.02. The molecule has 0 aliphatic rings. The Balaban J connectivity index is 2.86. The summed E-state index contributed by atoms with van der Waals surface area (Å²) in [5.41, 5.74) is 0.587. The van der Waals surface area contributed by atoms with Crippen LogP contribution >= 0.6 is 0 Å². The highest BCUT2D eigenvalue weighted by Gasteiger charge is 2.16. The van der Waals surface area contributed by atoms with E-state index < -0.39 is 11.6 Å². The molecule has 102 valence electrons. The average molecular weight is 257 g/mol. The largest absolute Gasteiger partial charge is 0.484 e. The summed E-state index contributed by atoms with van der Waals surface area (Å²) in [6.07, 6.45) is 1.32. The van der Waals surface area contributed by atoms with Crippen molar-refractivity contribution in [2.24, 2.45) is 0 Å². The molecule has 0 radical (unpaired) electrons. The molecule has 0 spiro atoms. The molecule has 0 atom stereocenters. The molecule has 0 aliphatic heterocycles. The Bertz CT molecular complexity index is 355. The molecule has 0 aromatic heterocycles. The number of rotatable bonds is 7. The third kappa shape index (κ3) is 3.95. The molecule has 0 unspecified atom stereocenters. The van der Waals surface area contributed by atoms with E-state index in [-0.39, 0.29) is 11.9 Å². The predicted octanol–water partition coefficient (Wildman–Crippen LogP) is 3.64. The molecule has 0 fully saturated rings. The molecule has 0 aliphatic carbocycles. The molecule has 1 aromatic rings. The van der Waals surface area contributed by atoms with E-state index in [1.54, 1.807) is 0 Å². The van der Waals surface area contributed by atoms with Crippen molar-refractivity contribution in [3.63, 3.8) is 0 Å². The van der Waals surface area contributed by atoms with Gasteiger partial charge in [-0.3, -0.25) is 0 Å². The Hall–Kier alpha value is -1.16. The number of hydrogen-bond donors (Lipinski definition) is 1. The topological polar surface area (TPSA) is 21.3 Å². The van der Waals surface area contributed by atoms with Crippen LogP contribution in [0.1, 0.15) is 39.2 Å². The molecule has 0 bridgehead atoms. The first-order chi connectivity index (χ1) is 8.62. The van der Waals surface area contributed by atoms with Crippen LogP contribution in [0.5, 0.6) is 5.75 Å². The van der Waals surface area contributed by atoms with Crippen molar-refractivity contribution in [2.45, 2.75) is 46.3 Å². The van der Waals surface area contributed by atoms with Gasteiger partial charge in [-0.15, -0.1) is 0 Å². The van der Waals surface area contributed by atoms with Crippen LogP contribution in [0.4, 0.5) is 8.78 Å². The fourth-order valence-electron chi connectivity index (χ4n) is 1.72. The minimum Gasteiger partial charge on any atom is -0.484 e. The molecule has 1 N–H and O–H groups in total. The van der Waals surface area contributed by atoms with Crippen LogP contribution in [0.15, 0.2) is 12.1 Å². The normalized spacial score (nSPS) is 11.0. The molecule has 0 amide bonds. The van der Waals surface area contributed by atoms with Crippen molar-refractivity contribution in [2.75, 3.05) is 6.54 Å². The van der Waals surface area contributed by atoms with Gasteiger partial charge in [0.2, 0.25) is 0 Å². The van der Waals surface area contributed by atoms with Gasteiger partial charge < -0.3 is 10.1 Å². The molecular weight excluding hydrogens is 236 g/mol. The lowest BCUT2D eigenvalue weighted by molar-refractivity contribution is 0.175. The lowest BCUT2D eigenvalue weighted by Crippen LogP contribution is -2.16. The Morgan fingerprint density at radius 1 is 1.11 bits per heavy atom. The van der Waals surface area contributed by atoms with Crippen LogP contribution in [-0.2, 0) is 6.54 Å². The van der Waals surface area contributed by atoms with Crippen LogP contribution in [0.3, 0.4) is 0 Å². The molecular formula is C14H21F2NO. The van der Waals surface area contributed by atoms with Crippen LogP contribution in [0.2, 0.25) is 0 Å². The summed E-state index contributed by atoms with van der Waals surface area (Å²) in [6, 6.07) is 2.65. The lowest BCUT2D eigenvalue weighted by atomic mass is 10.2. The van der Waals surface area contributed by atoms with Gasteiger partial charge in [-0.25, -0.2) is 8.78 Å². The van der Waals surface area contributed by atoms with Gasteiger partial charge >= 0.3 is 0 Å². The van der Waals surface area contributed by atoms with Gasteiger partial charge in [0, 0.05) is 6.54 Å². The number of nitrogens with one attached hydrogen (secondary N) is 1. The maximum absolute atomic E-state index is 13.8. The second-order valence-electron chi connectivity index (χ2n) is 4.23. The van der Waals surface area contributed by atoms with Crippen molar-refractivity contribution in [1.82, 2.24) is 5.32 Å². The van der Waals surface area contributed by atoms with Gasteiger partial charge in [-0.2, -0.15) is 0 Å². The maximum atomic E-state index is 13.8. The third-order valence-corrected chi connectivity index (χ3v) is 2.83. The highest BCUT2D eigenvalue weighted by Crippen LogP contribution is 2.25. The van der Waals surface area contributed by atoms with Crippen LogP contribution in [0, 0.1) is 11.6 Å². The monoisotopic (exact) mass is 257 g/mol. The van der Waals surface area contributed by atoms with Crippen molar-refractivity contribution in [3.05, 3.63) is 29.3 Å². The number of benzene rings is 1. The van der Waals surface area contributed by atoms with Gasteiger partial charge in [-0.1, -0.05) is 20.8 Å². The molecule has 0 saturated heterocycles. The smallest absolute Gasteiger partial charge is 0.191 e. The number of ether oxygens (including phenoxy) is 1.